The van der Waals surface area contributed by atoms with E-state index in [1.807, 2.05) is 43.5 Å². The van der Waals surface area contributed by atoms with Crippen molar-refractivity contribution < 1.29 is 37.7 Å². The fraction of sp³-hybridized carbons (Fsp3) is 0.379. The Labute approximate surface area is 240 Å². The second-order valence-electron chi connectivity index (χ2n) is 9.38. The molecule has 0 aliphatic carbocycles. The number of pyridine rings is 1. The molecule has 1 fully saturated rings. The zero-order valence-electron chi connectivity index (χ0n) is 22.7. The van der Waals surface area contributed by atoms with E-state index in [1.165, 1.54) is 44.8 Å². The van der Waals surface area contributed by atoms with Crippen LogP contribution in [-0.4, -0.2) is 52.9 Å². The average molecular weight is 588 g/mol. The van der Waals surface area contributed by atoms with E-state index in [9.17, 15) is 18.8 Å². The number of aryl methyl sites for hydroxylation is 1. The number of hydrogen-bond acceptors (Lipinski definition) is 10. The van der Waals surface area contributed by atoms with Crippen LogP contribution in [0.15, 0.2) is 48.7 Å². The van der Waals surface area contributed by atoms with Crippen molar-refractivity contribution in [3.8, 4) is 10.4 Å². The highest BCUT2D eigenvalue weighted by atomic mass is 32.2. The van der Waals surface area contributed by atoms with Gasteiger partial charge in [-0.3, -0.25) is 14.4 Å². The van der Waals surface area contributed by atoms with Gasteiger partial charge >= 0.3 is 17.9 Å². The van der Waals surface area contributed by atoms with Crippen molar-refractivity contribution in [1.29, 1.82) is 0 Å². The van der Waals surface area contributed by atoms with Crippen molar-refractivity contribution in [1.82, 2.24) is 4.98 Å². The van der Waals surface area contributed by atoms with Gasteiger partial charge in [-0.15, -0.1) is 11.3 Å². The summed E-state index contributed by atoms with van der Waals surface area (Å²) in [6, 6.07) is 13.0. The molecule has 2 aromatic heterocycles. The summed E-state index contributed by atoms with van der Waals surface area (Å²) >= 11 is 3.00. The Hall–Kier alpha value is -3.28. The Morgan fingerprint density at radius 1 is 0.975 bits per heavy atom. The molecule has 0 radical (unpaired) electrons. The normalized spacial score (nSPS) is 22.4. The highest BCUT2D eigenvalue weighted by molar-refractivity contribution is 7.99. The Morgan fingerprint density at radius 3 is 2.30 bits per heavy atom. The molecule has 3 heterocycles. The van der Waals surface area contributed by atoms with Crippen molar-refractivity contribution in [2.24, 2.45) is 0 Å². The van der Waals surface area contributed by atoms with Gasteiger partial charge < -0.3 is 18.9 Å². The molecule has 0 saturated carbocycles. The van der Waals surface area contributed by atoms with Crippen LogP contribution in [0.5, 0.6) is 0 Å². The zero-order chi connectivity index (χ0) is 29.0. The van der Waals surface area contributed by atoms with Gasteiger partial charge in [-0.1, -0.05) is 18.2 Å². The first-order valence-electron chi connectivity index (χ1n) is 12.6. The van der Waals surface area contributed by atoms with E-state index in [0.717, 1.165) is 32.0 Å². The summed E-state index contributed by atoms with van der Waals surface area (Å²) in [5.41, 5.74) is 3.78. The lowest BCUT2D eigenvalue weighted by Crippen LogP contribution is -2.57. The van der Waals surface area contributed by atoms with Gasteiger partial charge in [0, 0.05) is 48.7 Å². The van der Waals surface area contributed by atoms with Gasteiger partial charge in [-0.05, 0) is 54.1 Å². The number of nitrogens with zero attached hydrogens (tertiary/aromatic N) is 1. The third kappa shape index (κ3) is 7.07. The number of aromatic nitrogens is 1. The lowest BCUT2D eigenvalue weighted by molar-refractivity contribution is -0.266. The number of hydrogen-bond donors (Lipinski definition) is 0. The lowest BCUT2D eigenvalue weighted by atomic mass is 9.92. The van der Waals surface area contributed by atoms with E-state index < -0.39 is 53.7 Å². The fourth-order valence-electron chi connectivity index (χ4n) is 4.63. The molecule has 8 nitrogen and oxygen atoms in total. The summed E-state index contributed by atoms with van der Waals surface area (Å²) < 4.78 is 36.0. The first kappa shape index (κ1) is 29.7. The number of benzene rings is 1. The molecule has 1 aromatic carbocycles. The number of thioether (sulfide) groups is 1. The molecule has 1 aliphatic rings. The molecule has 212 valence electrons. The number of thiophene rings is 1. The van der Waals surface area contributed by atoms with Crippen molar-refractivity contribution in [2.45, 2.75) is 64.0 Å². The third-order valence-corrected chi connectivity index (χ3v) is 8.59. The van der Waals surface area contributed by atoms with Gasteiger partial charge in [-0.25, -0.2) is 4.98 Å². The molecule has 1 aliphatic heterocycles. The molecule has 11 heteroatoms. The predicted molar refractivity (Wildman–Crippen MR) is 149 cm³/mol. The summed E-state index contributed by atoms with van der Waals surface area (Å²) in [5.74, 6) is -2.32. The molecule has 5 atom stereocenters. The number of carbonyl (C=O) groups is 3. The van der Waals surface area contributed by atoms with Crippen LogP contribution >= 0.6 is 23.1 Å². The third-order valence-electron chi connectivity index (χ3n) is 6.39. The van der Waals surface area contributed by atoms with Gasteiger partial charge in [0.15, 0.2) is 6.10 Å². The van der Waals surface area contributed by atoms with Crippen molar-refractivity contribution in [3.63, 3.8) is 0 Å². The summed E-state index contributed by atoms with van der Waals surface area (Å²) in [6.07, 6.45) is 0.0464. The van der Waals surface area contributed by atoms with Gasteiger partial charge in [0.2, 0.25) is 18.3 Å². The highest BCUT2D eigenvalue weighted by Gasteiger charge is 2.51. The smallest absolute Gasteiger partial charge is 0.305 e. The minimum absolute atomic E-state index is 0.463. The molecule has 0 amide bonds. The summed E-state index contributed by atoms with van der Waals surface area (Å²) in [6.45, 7) is 5.75. The Bertz CT molecular complexity index is 1380. The van der Waals surface area contributed by atoms with Crippen LogP contribution in [-0.2, 0) is 39.8 Å². The van der Waals surface area contributed by atoms with E-state index in [-0.39, 0.29) is 0 Å². The maximum absolute atomic E-state index is 13.2. The van der Waals surface area contributed by atoms with Crippen LogP contribution in [0.3, 0.4) is 0 Å². The molecule has 40 heavy (non-hydrogen) atoms. The molecule has 3 aromatic rings. The van der Waals surface area contributed by atoms with Crippen molar-refractivity contribution in [3.05, 3.63) is 76.2 Å². The van der Waals surface area contributed by atoms with Crippen LogP contribution in [0.4, 0.5) is 4.39 Å². The minimum atomic E-state index is -1.27. The molecule has 1 saturated heterocycles. The molecular weight excluding hydrogens is 557 g/mol. The summed E-state index contributed by atoms with van der Waals surface area (Å²) in [5, 5.41) is -0.463. The van der Waals surface area contributed by atoms with E-state index in [2.05, 4.69) is 4.98 Å². The van der Waals surface area contributed by atoms with Gasteiger partial charge in [0.1, 0.15) is 6.10 Å². The lowest BCUT2D eigenvalue weighted by Gasteiger charge is -2.44. The van der Waals surface area contributed by atoms with Gasteiger partial charge in [-0.2, -0.15) is 16.2 Å². The largest absolute Gasteiger partial charge is 0.457 e. The maximum Gasteiger partial charge on any atom is 0.305 e. The van der Waals surface area contributed by atoms with E-state index >= 15 is 0 Å². The predicted octanol–water partition coefficient (Wildman–Crippen LogP) is 5.40. The summed E-state index contributed by atoms with van der Waals surface area (Å²) in [4.78, 5) is 41.7. The number of ether oxygens (including phenoxy) is 4. The van der Waals surface area contributed by atoms with Gasteiger partial charge in [0.05, 0.1) is 5.25 Å². The van der Waals surface area contributed by atoms with Crippen LogP contribution in [0.1, 0.15) is 48.4 Å². The first-order chi connectivity index (χ1) is 19.0. The molecule has 1 unspecified atom stereocenters. The topological polar surface area (TPSA) is 101 Å². The maximum atomic E-state index is 13.2. The zero-order valence-corrected chi connectivity index (χ0v) is 24.3. The van der Waals surface area contributed by atoms with Crippen LogP contribution < -0.4 is 0 Å². The molecule has 0 bridgehead atoms. The standard InChI is InChI=1S/C29H30FNO7S2/c1-15-6-7-19(12-21(15)13-22-9-10-23(40-22)20-8-11-24(30)31-14-20)25-28(39-5)26(35-16(2)32)27(36-17(3)33)29(38-25)37-18(4)34/h6-12,14,25-29H,13H2,1-5H3/t25?,26-,27-,28-,29-/m0/s1. The second kappa shape index (κ2) is 12.9. The number of carbonyl (C=O) groups excluding carboxylic acids is 3. The van der Waals surface area contributed by atoms with E-state index in [0.29, 0.717) is 6.42 Å². The quantitative estimate of drug-likeness (QED) is 0.195. The molecular formula is C29H30FNO7S2. The van der Waals surface area contributed by atoms with E-state index in [4.69, 9.17) is 18.9 Å². The fourth-order valence-corrected chi connectivity index (χ4v) is 6.60. The molecule has 0 N–H and O–H groups in total. The minimum Gasteiger partial charge on any atom is -0.457 e. The SMILES string of the molecule is CS[C@H]1C(c2ccc(C)c(Cc3ccc(-c4ccc(F)nc4)s3)c2)O[C@H](OC(C)=O)[C@@H](OC(C)=O)[C@@H]1OC(C)=O. The van der Waals surface area contributed by atoms with E-state index in [1.54, 1.807) is 17.4 Å². The second-order valence-corrected chi connectivity index (χ2v) is 11.6. The monoisotopic (exact) mass is 587 g/mol. The van der Waals surface area contributed by atoms with Crippen LogP contribution in [0, 0.1) is 12.9 Å². The van der Waals surface area contributed by atoms with Gasteiger partial charge in [0.25, 0.3) is 0 Å². The Balaban J connectivity index is 1.66. The number of esters is 3. The Kier molecular flexibility index (Phi) is 9.60. The number of rotatable bonds is 8. The highest BCUT2D eigenvalue weighted by Crippen LogP contribution is 2.42. The first-order valence-corrected chi connectivity index (χ1v) is 14.7. The Morgan fingerprint density at radius 2 is 1.68 bits per heavy atom. The average Bonchev–Trinajstić information content (AvgIpc) is 3.35. The van der Waals surface area contributed by atoms with Crippen LogP contribution in [0.25, 0.3) is 10.4 Å². The van der Waals surface area contributed by atoms with Crippen molar-refractivity contribution >= 4 is 41.0 Å². The summed E-state index contributed by atoms with van der Waals surface area (Å²) in [7, 11) is 0. The molecule has 0 spiro atoms. The number of halogens is 1. The van der Waals surface area contributed by atoms with Crippen molar-refractivity contribution in [2.75, 3.05) is 6.26 Å². The van der Waals surface area contributed by atoms with Crippen LogP contribution in [0.2, 0.25) is 0 Å². The molecule has 4 rings (SSSR count).